The van der Waals surface area contributed by atoms with Crippen molar-refractivity contribution in [1.82, 2.24) is 4.90 Å². The summed E-state index contributed by atoms with van der Waals surface area (Å²) < 4.78 is 49.5. The fourth-order valence-electron chi connectivity index (χ4n) is 2.22. The van der Waals surface area contributed by atoms with Crippen LogP contribution in [0, 0.1) is 17.5 Å². The Balaban J connectivity index is 2.20. The molecule has 0 aliphatic carbocycles. The second kappa shape index (κ2) is 5.80. The van der Waals surface area contributed by atoms with Crippen LogP contribution in [0.25, 0.3) is 0 Å². The SMILES string of the molecule is COC1CN(C(=O)c2cc(F)c(F)c(F)c2)CC1OC. The van der Waals surface area contributed by atoms with Crippen LogP contribution < -0.4 is 0 Å². The molecule has 1 amide bonds. The smallest absolute Gasteiger partial charge is 0.254 e. The minimum atomic E-state index is -1.59. The Morgan fingerprint density at radius 1 is 1.10 bits per heavy atom. The first-order valence-electron chi connectivity index (χ1n) is 5.97. The average molecular weight is 289 g/mol. The van der Waals surface area contributed by atoms with Crippen LogP contribution in [0.15, 0.2) is 12.1 Å². The molecule has 20 heavy (non-hydrogen) atoms. The molecule has 0 saturated carbocycles. The summed E-state index contributed by atoms with van der Waals surface area (Å²) in [6, 6.07) is 1.37. The number of likely N-dealkylation sites (tertiary alicyclic amines) is 1. The largest absolute Gasteiger partial charge is 0.377 e. The number of rotatable bonds is 3. The fraction of sp³-hybridized carbons (Fsp3) is 0.462. The third-order valence-electron chi connectivity index (χ3n) is 3.34. The number of carbonyl (C=O) groups excluding carboxylic acids is 1. The molecule has 2 atom stereocenters. The molecular weight excluding hydrogens is 275 g/mol. The number of carbonyl (C=O) groups is 1. The second-order valence-corrected chi connectivity index (χ2v) is 4.51. The van der Waals surface area contributed by atoms with Crippen LogP contribution in [0.2, 0.25) is 0 Å². The number of hydrogen-bond acceptors (Lipinski definition) is 3. The Bertz CT molecular complexity index is 489. The van der Waals surface area contributed by atoms with Gasteiger partial charge >= 0.3 is 0 Å². The molecule has 7 heteroatoms. The molecule has 1 heterocycles. The first-order valence-corrected chi connectivity index (χ1v) is 5.97. The van der Waals surface area contributed by atoms with Crippen molar-refractivity contribution in [3.05, 3.63) is 35.1 Å². The van der Waals surface area contributed by atoms with Crippen molar-refractivity contribution >= 4 is 5.91 Å². The van der Waals surface area contributed by atoms with Crippen LogP contribution in [0.3, 0.4) is 0 Å². The summed E-state index contributed by atoms with van der Waals surface area (Å²) in [5.41, 5.74) is -0.243. The molecular formula is C13H14F3NO3. The highest BCUT2D eigenvalue weighted by Gasteiger charge is 2.36. The molecule has 4 nitrogen and oxygen atoms in total. The molecule has 2 unspecified atom stereocenters. The number of hydrogen-bond donors (Lipinski definition) is 0. The van der Waals surface area contributed by atoms with Crippen molar-refractivity contribution in [2.75, 3.05) is 27.3 Å². The van der Waals surface area contributed by atoms with Gasteiger partial charge in [-0.25, -0.2) is 13.2 Å². The molecule has 1 saturated heterocycles. The van der Waals surface area contributed by atoms with E-state index in [2.05, 4.69) is 0 Å². The molecule has 110 valence electrons. The number of ether oxygens (including phenoxy) is 2. The molecule has 1 aromatic carbocycles. The Morgan fingerprint density at radius 2 is 1.55 bits per heavy atom. The summed E-state index contributed by atoms with van der Waals surface area (Å²) in [6.45, 7) is 0.489. The lowest BCUT2D eigenvalue weighted by Gasteiger charge is -2.16. The topological polar surface area (TPSA) is 38.8 Å². The van der Waals surface area contributed by atoms with E-state index in [1.165, 1.54) is 19.1 Å². The minimum Gasteiger partial charge on any atom is -0.377 e. The summed E-state index contributed by atoms with van der Waals surface area (Å²) in [4.78, 5) is 13.5. The van der Waals surface area contributed by atoms with Gasteiger partial charge in [-0.1, -0.05) is 0 Å². The Morgan fingerprint density at radius 3 is 1.95 bits per heavy atom. The van der Waals surface area contributed by atoms with Crippen LogP contribution in [-0.2, 0) is 9.47 Å². The first-order chi connectivity index (χ1) is 9.47. The molecule has 0 radical (unpaired) electrons. The van der Waals surface area contributed by atoms with E-state index >= 15 is 0 Å². The van der Waals surface area contributed by atoms with Crippen molar-refractivity contribution < 1.29 is 27.4 Å². The van der Waals surface area contributed by atoms with E-state index in [9.17, 15) is 18.0 Å². The predicted octanol–water partition coefficient (Wildman–Crippen LogP) is 1.59. The highest BCUT2D eigenvalue weighted by Crippen LogP contribution is 2.20. The lowest BCUT2D eigenvalue weighted by Crippen LogP contribution is -2.30. The van der Waals surface area contributed by atoms with Gasteiger partial charge in [0.15, 0.2) is 17.5 Å². The van der Waals surface area contributed by atoms with E-state index in [-0.39, 0.29) is 30.9 Å². The van der Waals surface area contributed by atoms with Crippen molar-refractivity contribution in [1.29, 1.82) is 0 Å². The van der Waals surface area contributed by atoms with Crippen LogP contribution >= 0.6 is 0 Å². The number of halogens is 3. The lowest BCUT2D eigenvalue weighted by atomic mass is 10.2. The third kappa shape index (κ3) is 2.64. The zero-order valence-electron chi connectivity index (χ0n) is 11.0. The molecule has 0 aromatic heterocycles. The molecule has 0 N–H and O–H groups in total. The van der Waals surface area contributed by atoms with Gasteiger partial charge in [0.25, 0.3) is 5.91 Å². The van der Waals surface area contributed by atoms with Gasteiger partial charge in [-0.15, -0.1) is 0 Å². The maximum Gasteiger partial charge on any atom is 0.254 e. The van der Waals surface area contributed by atoms with E-state index in [0.29, 0.717) is 12.1 Å². The molecule has 1 aliphatic heterocycles. The molecule has 1 aromatic rings. The number of nitrogens with zero attached hydrogens (tertiary/aromatic N) is 1. The fourth-order valence-corrected chi connectivity index (χ4v) is 2.22. The van der Waals surface area contributed by atoms with Crippen LogP contribution in [-0.4, -0.2) is 50.3 Å². The van der Waals surface area contributed by atoms with Gasteiger partial charge in [-0.05, 0) is 12.1 Å². The Kier molecular flexibility index (Phi) is 4.29. The lowest BCUT2D eigenvalue weighted by molar-refractivity contribution is -0.00461. The zero-order valence-corrected chi connectivity index (χ0v) is 11.0. The summed E-state index contributed by atoms with van der Waals surface area (Å²) in [5.74, 6) is -4.96. The summed E-state index contributed by atoms with van der Waals surface area (Å²) in [7, 11) is 2.98. The van der Waals surface area contributed by atoms with Crippen LogP contribution in [0.4, 0.5) is 13.2 Å². The van der Waals surface area contributed by atoms with Crippen LogP contribution in [0.5, 0.6) is 0 Å². The van der Waals surface area contributed by atoms with Gasteiger partial charge in [0.1, 0.15) is 12.2 Å². The normalized spacial score (nSPS) is 22.4. The van der Waals surface area contributed by atoms with Crippen molar-refractivity contribution in [2.45, 2.75) is 12.2 Å². The highest BCUT2D eigenvalue weighted by molar-refractivity contribution is 5.94. The van der Waals surface area contributed by atoms with Gasteiger partial charge in [0, 0.05) is 32.9 Å². The molecule has 1 aliphatic rings. The highest BCUT2D eigenvalue weighted by atomic mass is 19.2. The Hall–Kier alpha value is -1.60. The number of amides is 1. The molecule has 2 rings (SSSR count). The van der Waals surface area contributed by atoms with Gasteiger partial charge in [-0.3, -0.25) is 4.79 Å². The molecule has 1 fully saturated rings. The van der Waals surface area contributed by atoms with E-state index in [1.54, 1.807) is 0 Å². The quantitative estimate of drug-likeness (QED) is 0.793. The van der Waals surface area contributed by atoms with Gasteiger partial charge in [0.2, 0.25) is 0 Å². The van der Waals surface area contributed by atoms with Crippen molar-refractivity contribution in [3.8, 4) is 0 Å². The van der Waals surface area contributed by atoms with Gasteiger partial charge in [0.05, 0.1) is 0 Å². The summed E-state index contributed by atoms with van der Waals surface area (Å²) in [5, 5.41) is 0. The van der Waals surface area contributed by atoms with E-state index in [0.717, 1.165) is 0 Å². The average Bonchev–Trinajstić information content (AvgIpc) is 2.86. The third-order valence-corrected chi connectivity index (χ3v) is 3.34. The first kappa shape index (κ1) is 14.8. The maximum absolute atomic E-state index is 13.1. The predicted molar refractivity (Wildman–Crippen MR) is 63.8 cm³/mol. The monoisotopic (exact) mass is 289 g/mol. The zero-order chi connectivity index (χ0) is 14.9. The van der Waals surface area contributed by atoms with Gasteiger partial charge < -0.3 is 14.4 Å². The number of benzene rings is 1. The minimum absolute atomic E-state index is 0.243. The standard InChI is InChI=1S/C13H14F3NO3/c1-19-10-5-17(6-11(10)20-2)13(18)7-3-8(14)12(16)9(15)4-7/h3-4,10-11H,5-6H2,1-2H3. The second-order valence-electron chi connectivity index (χ2n) is 4.51. The van der Waals surface area contributed by atoms with Gasteiger partial charge in [-0.2, -0.15) is 0 Å². The van der Waals surface area contributed by atoms with Crippen molar-refractivity contribution in [3.63, 3.8) is 0 Å². The molecule has 0 bridgehead atoms. The van der Waals surface area contributed by atoms with Crippen molar-refractivity contribution in [2.24, 2.45) is 0 Å². The van der Waals surface area contributed by atoms with E-state index < -0.39 is 23.4 Å². The summed E-state index contributed by atoms with van der Waals surface area (Å²) in [6.07, 6.45) is -0.613. The van der Waals surface area contributed by atoms with E-state index in [1.807, 2.05) is 0 Å². The number of methoxy groups -OCH3 is 2. The Labute approximate surface area is 114 Å². The molecule has 0 spiro atoms. The summed E-state index contributed by atoms with van der Waals surface area (Å²) >= 11 is 0. The maximum atomic E-state index is 13.1. The van der Waals surface area contributed by atoms with E-state index in [4.69, 9.17) is 9.47 Å². The van der Waals surface area contributed by atoms with Crippen LogP contribution in [0.1, 0.15) is 10.4 Å².